The Morgan fingerprint density at radius 1 is 1.16 bits per heavy atom. The summed E-state index contributed by atoms with van der Waals surface area (Å²) in [6.45, 7) is 1.65. The number of hydrogen-bond donors (Lipinski definition) is 1. The molecule has 1 aliphatic rings. The monoisotopic (exact) mass is 439 g/mol. The van der Waals surface area contributed by atoms with Gasteiger partial charge in [-0.1, -0.05) is 5.18 Å². The largest absolute Gasteiger partial charge is 0.507 e. The van der Waals surface area contributed by atoms with Gasteiger partial charge in [0, 0.05) is 23.8 Å². The summed E-state index contributed by atoms with van der Waals surface area (Å²) in [4.78, 5) is 23.3. The van der Waals surface area contributed by atoms with Gasteiger partial charge in [-0.2, -0.15) is 4.91 Å². The first-order chi connectivity index (χ1) is 15.5. The van der Waals surface area contributed by atoms with Crippen LogP contribution < -0.4 is 19.6 Å². The van der Waals surface area contributed by atoms with Crippen molar-refractivity contribution < 1.29 is 23.7 Å². The molecular formula is C24H25NO7. The molecule has 8 heteroatoms. The molecule has 2 aromatic carbocycles. The third-order valence-corrected chi connectivity index (χ3v) is 5.50. The number of nitroso groups, excluding NO2 is 1. The topological polar surface area (TPSA) is 108 Å². The molecule has 0 spiro atoms. The number of benzene rings is 2. The van der Waals surface area contributed by atoms with Crippen molar-refractivity contribution in [2.45, 2.75) is 44.8 Å². The van der Waals surface area contributed by atoms with Crippen molar-refractivity contribution >= 4 is 11.0 Å². The predicted molar refractivity (Wildman–Crippen MR) is 120 cm³/mol. The van der Waals surface area contributed by atoms with Gasteiger partial charge in [-0.3, -0.25) is 4.79 Å². The first kappa shape index (κ1) is 21.7. The number of phenols is 1. The van der Waals surface area contributed by atoms with Gasteiger partial charge in [0.05, 0.1) is 13.2 Å². The molecule has 168 valence electrons. The minimum absolute atomic E-state index is 0.0404. The molecule has 32 heavy (non-hydrogen) atoms. The lowest BCUT2D eigenvalue weighted by molar-refractivity contribution is 0.201. The molecule has 0 aliphatic heterocycles. The predicted octanol–water partition coefficient (Wildman–Crippen LogP) is 5.03. The number of hydrogen-bond acceptors (Lipinski definition) is 8. The van der Waals surface area contributed by atoms with Gasteiger partial charge in [0.25, 0.3) is 0 Å². The molecule has 0 amide bonds. The molecular weight excluding hydrogens is 414 g/mol. The highest BCUT2D eigenvalue weighted by atomic mass is 16.5. The van der Waals surface area contributed by atoms with Gasteiger partial charge in [0.1, 0.15) is 40.9 Å². The molecule has 4 rings (SSSR count). The lowest BCUT2D eigenvalue weighted by Crippen LogP contribution is -2.11. The molecule has 1 atom stereocenters. The van der Waals surface area contributed by atoms with Crippen LogP contribution in [0.1, 0.15) is 32.6 Å². The highest BCUT2D eigenvalue weighted by molar-refractivity contribution is 5.86. The fraction of sp³-hybridized carbons (Fsp3) is 0.375. The van der Waals surface area contributed by atoms with Gasteiger partial charge in [-0.15, -0.1) is 0 Å². The molecule has 0 bridgehead atoms. The van der Waals surface area contributed by atoms with Gasteiger partial charge in [0.15, 0.2) is 16.9 Å². The quantitative estimate of drug-likeness (QED) is 0.491. The Morgan fingerprint density at radius 3 is 2.66 bits per heavy atom. The van der Waals surface area contributed by atoms with E-state index >= 15 is 0 Å². The van der Waals surface area contributed by atoms with E-state index in [-0.39, 0.29) is 40.6 Å². The fourth-order valence-electron chi connectivity index (χ4n) is 3.82. The molecule has 0 saturated heterocycles. The molecule has 8 nitrogen and oxygen atoms in total. The average molecular weight is 439 g/mol. The lowest BCUT2D eigenvalue weighted by atomic mass is 10.1. The zero-order valence-corrected chi connectivity index (χ0v) is 18.0. The number of rotatable bonds is 8. The summed E-state index contributed by atoms with van der Waals surface area (Å²) in [6, 6.07) is 8.95. The normalized spacial score (nSPS) is 14.9. The Hall–Kier alpha value is -3.55. The molecule has 1 N–H and O–H groups in total. The van der Waals surface area contributed by atoms with Gasteiger partial charge in [-0.25, -0.2) is 0 Å². The van der Waals surface area contributed by atoms with Crippen LogP contribution in [0.2, 0.25) is 0 Å². The zero-order chi connectivity index (χ0) is 22.7. The summed E-state index contributed by atoms with van der Waals surface area (Å²) >= 11 is 0. The van der Waals surface area contributed by atoms with Crippen LogP contribution in [-0.2, 0) is 0 Å². The van der Waals surface area contributed by atoms with Crippen LogP contribution in [0.5, 0.6) is 23.0 Å². The standard InChI is InChI=1S/C24H25NO7/c1-14(25-28)13-30-17-10-18(26)24-19(27)12-21(32-23(24)11-17)15-7-8-20(29-2)22(9-15)31-16-5-3-4-6-16/h7-12,14,16,26H,3-6,13H2,1-2H3. The first-order valence-corrected chi connectivity index (χ1v) is 10.6. The molecule has 0 radical (unpaired) electrons. The summed E-state index contributed by atoms with van der Waals surface area (Å²) in [5.41, 5.74) is 0.424. The summed E-state index contributed by atoms with van der Waals surface area (Å²) in [5, 5.41) is 13.3. The van der Waals surface area contributed by atoms with E-state index in [4.69, 9.17) is 18.6 Å². The van der Waals surface area contributed by atoms with E-state index in [1.54, 1.807) is 32.2 Å². The number of nitrogens with zero attached hydrogens (tertiary/aromatic N) is 1. The highest BCUT2D eigenvalue weighted by Crippen LogP contribution is 2.37. The van der Waals surface area contributed by atoms with Gasteiger partial charge in [0.2, 0.25) is 0 Å². The Bertz CT molecular complexity index is 1180. The third kappa shape index (κ3) is 4.54. The molecule has 1 fully saturated rings. The molecule has 3 aromatic rings. The lowest BCUT2D eigenvalue weighted by Gasteiger charge is -2.17. The third-order valence-electron chi connectivity index (χ3n) is 5.50. The van der Waals surface area contributed by atoms with Crippen molar-refractivity contribution in [2.24, 2.45) is 5.18 Å². The zero-order valence-electron chi connectivity index (χ0n) is 18.0. The van der Waals surface area contributed by atoms with Crippen LogP contribution in [-0.4, -0.2) is 31.0 Å². The van der Waals surface area contributed by atoms with E-state index in [1.165, 1.54) is 18.2 Å². The van der Waals surface area contributed by atoms with Gasteiger partial charge >= 0.3 is 0 Å². The smallest absolute Gasteiger partial charge is 0.197 e. The average Bonchev–Trinajstić information content (AvgIpc) is 3.30. The molecule has 1 heterocycles. The number of aromatic hydroxyl groups is 1. The number of methoxy groups -OCH3 is 1. The minimum atomic E-state index is -0.552. The van der Waals surface area contributed by atoms with Crippen molar-refractivity contribution in [3.63, 3.8) is 0 Å². The molecule has 1 aliphatic carbocycles. The molecule has 1 aromatic heterocycles. The molecule has 1 unspecified atom stereocenters. The maximum absolute atomic E-state index is 12.7. The van der Waals surface area contributed by atoms with Gasteiger partial charge < -0.3 is 23.7 Å². The maximum atomic E-state index is 12.7. The number of fused-ring (bicyclic) bond motifs is 1. The van der Waals surface area contributed by atoms with Crippen LogP contribution in [0.3, 0.4) is 0 Å². The van der Waals surface area contributed by atoms with E-state index in [1.807, 2.05) is 0 Å². The fourth-order valence-corrected chi connectivity index (χ4v) is 3.82. The summed E-state index contributed by atoms with van der Waals surface area (Å²) in [6.07, 6.45) is 4.42. The Morgan fingerprint density at radius 2 is 1.94 bits per heavy atom. The molecule has 1 saturated carbocycles. The van der Waals surface area contributed by atoms with Crippen LogP contribution in [0.25, 0.3) is 22.3 Å². The maximum Gasteiger partial charge on any atom is 0.197 e. The highest BCUT2D eigenvalue weighted by Gasteiger charge is 2.20. The van der Waals surface area contributed by atoms with Crippen molar-refractivity contribution in [3.05, 3.63) is 51.5 Å². The number of phenolic OH excluding ortho intramolecular Hbond substituents is 1. The van der Waals surface area contributed by atoms with Crippen molar-refractivity contribution in [1.82, 2.24) is 0 Å². The summed E-state index contributed by atoms with van der Waals surface area (Å²) < 4.78 is 23.0. The Balaban J connectivity index is 1.72. The van der Waals surface area contributed by atoms with Crippen LogP contribution >= 0.6 is 0 Å². The van der Waals surface area contributed by atoms with E-state index in [0.29, 0.717) is 22.8 Å². The second-order valence-electron chi connectivity index (χ2n) is 7.95. The Labute approximate surface area is 184 Å². The second-order valence-corrected chi connectivity index (χ2v) is 7.95. The summed E-state index contributed by atoms with van der Waals surface area (Å²) in [5.74, 6) is 1.53. The van der Waals surface area contributed by atoms with Crippen LogP contribution in [0.15, 0.2) is 50.8 Å². The van der Waals surface area contributed by atoms with Crippen LogP contribution in [0.4, 0.5) is 0 Å². The van der Waals surface area contributed by atoms with Crippen molar-refractivity contribution in [3.8, 4) is 34.3 Å². The Kier molecular flexibility index (Phi) is 6.30. The van der Waals surface area contributed by atoms with Crippen molar-refractivity contribution in [1.29, 1.82) is 0 Å². The SMILES string of the molecule is COc1ccc(-c2cc(=O)c3c(O)cc(OCC(C)N=O)cc3o2)cc1OC1CCCC1. The van der Waals surface area contributed by atoms with Gasteiger partial charge in [-0.05, 0) is 50.8 Å². The summed E-state index contributed by atoms with van der Waals surface area (Å²) in [7, 11) is 1.58. The number of ether oxygens (including phenoxy) is 3. The van der Waals surface area contributed by atoms with Crippen LogP contribution in [0, 0.1) is 4.91 Å². The second kappa shape index (κ2) is 9.30. The van der Waals surface area contributed by atoms with E-state index < -0.39 is 6.04 Å². The first-order valence-electron chi connectivity index (χ1n) is 10.6. The van der Waals surface area contributed by atoms with E-state index in [9.17, 15) is 14.8 Å². The van der Waals surface area contributed by atoms with E-state index in [0.717, 1.165) is 25.7 Å². The van der Waals surface area contributed by atoms with Crippen molar-refractivity contribution in [2.75, 3.05) is 13.7 Å². The minimum Gasteiger partial charge on any atom is -0.507 e. The van der Waals surface area contributed by atoms with E-state index in [2.05, 4.69) is 5.18 Å².